The van der Waals surface area contributed by atoms with Gasteiger partial charge in [-0.3, -0.25) is 4.79 Å². The zero-order valence-corrected chi connectivity index (χ0v) is 13.2. The molecule has 2 unspecified atom stereocenters. The van der Waals surface area contributed by atoms with E-state index in [9.17, 15) is 18.7 Å². The van der Waals surface area contributed by atoms with Gasteiger partial charge in [-0.25, -0.2) is 8.78 Å². The summed E-state index contributed by atoms with van der Waals surface area (Å²) in [5.74, 6) is -2.42. The van der Waals surface area contributed by atoms with Crippen molar-refractivity contribution in [2.75, 3.05) is 6.54 Å². The van der Waals surface area contributed by atoms with Crippen molar-refractivity contribution in [3.8, 4) is 5.75 Å². The highest BCUT2D eigenvalue weighted by Gasteiger charge is 2.17. The second-order valence-electron chi connectivity index (χ2n) is 5.42. The Hall–Kier alpha value is -2.47. The van der Waals surface area contributed by atoms with Gasteiger partial charge in [-0.2, -0.15) is 0 Å². The van der Waals surface area contributed by atoms with E-state index in [2.05, 4.69) is 5.32 Å². The van der Waals surface area contributed by atoms with Crippen LogP contribution in [0, 0.1) is 11.6 Å². The first-order chi connectivity index (χ1) is 11.5. The summed E-state index contributed by atoms with van der Waals surface area (Å²) >= 11 is 0. The van der Waals surface area contributed by atoms with E-state index >= 15 is 0 Å². The maximum Gasteiger partial charge on any atom is 0.260 e. The first kappa shape index (κ1) is 17.9. The molecule has 24 heavy (non-hydrogen) atoms. The molecule has 0 aromatic heterocycles. The van der Waals surface area contributed by atoms with Gasteiger partial charge >= 0.3 is 0 Å². The number of amides is 1. The van der Waals surface area contributed by atoms with Crippen LogP contribution in [0.2, 0.25) is 0 Å². The molecule has 0 aliphatic carbocycles. The van der Waals surface area contributed by atoms with E-state index in [-0.39, 0.29) is 12.3 Å². The number of carbonyl (C=O) groups is 1. The molecule has 6 heteroatoms. The molecule has 0 fully saturated rings. The van der Waals surface area contributed by atoms with E-state index in [1.807, 2.05) is 30.3 Å². The Labute approximate surface area is 139 Å². The molecule has 0 spiro atoms. The Bertz CT molecular complexity index is 679. The average Bonchev–Trinajstić information content (AvgIpc) is 2.57. The molecule has 0 saturated carbocycles. The van der Waals surface area contributed by atoms with Crippen LogP contribution in [0.25, 0.3) is 0 Å². The zero-order valence-electron chi connectivity index (χ0n) is 13.2. The SMILES string of the molecule is CC(Oc1ccc(F)c(F)c1)C(=O)NCC(O)Cc1ccccc1. The quantitative estimate of drug-likeness (QED) is 0.817. The van der Waals surface area contributed by atoms with Crippen molar-refractivity contribution in [2.24, 2.45) is 0 Å². The largest absolute Gasteiger partial charge is 0.481 e. The summed E-state index contributed by atoms with van der Waals surface area (Å²) in [5, 5.41) is 12.5. The van der Waals surface area contributed by atoms with Crippen LogP contribution in [0.3, 0.4) is 0 Å². The van der Waals surface area contributed by atoms with Gasteiger partial charge in [-0.1, -0.05) is 30.3 Å². The van der Waals surface area contributed by atoms with Crippen LogP contribution in [-0.4, -0.2) is 29.8 Å². The third-order valence-corrected chi connectivity index (χ3v) is 3.40. The number of benzene rings is 2. The van der Waals surface area contributed by atoms with Crippen molar-refractivity contribution in [3.05, 3.63) is 65.7 Å². The summed E-state index contributed by atoms with van der Waals surface area (Å²) < 4.78 is 31.2. The van der Waals surface area contributed by atoms with E-state index in [1.165, 1.54) is 13.0 Å². The molecule has 0 aliphatic heterocycles. The van der Waals surface area contributed by atoms with Crippen LogP contribution in [0.5, 0.6) is 5.75 Å². The van der Waals surface area contributed by atoms with E-state index in [4.69, 9.17) is 4.74 Å². The van der Waals surface area contributed by atoms with Crippen LogP contribution in [0.15, 0.2) is 48.5 Å². The molecular formula is C18H19F2NO3. The van der Waals surface area contributed by atoms with Gasteiger partial charge in [0.05, 0.1) is 6.10 Å². The molecule has 2 N–H and O–H groups in total. The Balaban J connectivity index is 1.79. The number of carbonyl (C=O) groups excluding carboxylic acids is 1. The zero-order chi connectivity index (χ0) is 17.5. The first-order valence-electron chi connectivity index (χ1n) is 7.57. The molecule has 0 bridgehead atoms. The van der Waals surface area contributed by atoms with Gasteiger partial charge in [-0.05, 0) is 24.6 Å². The number of aliphatic hydroxyl groups is 1. The maximum absolute atomic E-state index is 13.1. The average molecular weight is 335 g/mol. The van der Waals surface area contributed by atoms with Crippen molar-refractivity contribution in [2.45, 2.75) is 25.6 Å². The Kier molecular flexibility index (Phi) is 6.26. The van der Waals surface area contributed by atoms with Gasteiger partial charge in [0.15, 0.2) is 17.7 Å². The van der Waals surface area contributed by atoms with Gasteiger partial charge in [0.1, 0.15) is 5.75 Å². The maximum atomic E-state index is 13.1. The molecule has 4 nitrogen and oxygen atoms in total. The number of hydrogen-bond acceptors (Lipinski definition) is 3. The predicted octanol–water partition coefficient (Wildman–Crippen LogP) is 2.45. The molecule has 2 aromatic rings. The fourth-order valence-corrected chi connectivity index (χ4v) is 2.13. The van der Waals surface area contributed by atoms with Crippen LogP contribution in [-0.2, 0) is 11.2 Å². The summed E-state index contributed by atoms with van der Waals surface area (Å²) in [7, 11) is 0. The topological polar surface area (TPSA) is 58.6 Å². The molecule has 0 aliphatic rings. The van der Waals surface area contributed by atoms with E-state index < -0.39 is 29.7 Å². The third kappa shape index (κ3) is 5.31. The van der Waals surface area contributed by atoms with Crippen molar-refractivity contribution in [1.82, 2.24) is 5.32 Å². The van der Waals surface area contributed by atoms with E-state index in [0.717, 1.165) is 17.7 Å². The highest BCUT2D eigenvalue weighted by molar-refractivity contribution is 5.80. The number of halogens is 2. The number of hydrogen-bond donors (Lipinski definition) is 2. The van der Waals surface area contributed by atoms with Gasteiger partial charge in [0.2, 0.25) is 0 Å². The highest BCUT2D eigenvalue weighted by atomic mass is 19.2. The van der Waals surface area contributed by atoms with Crippen molar-refractivity contribution in [1.29, 1.82) is 0 Å². The second-order valence-corrected chi connectivity index (χ2v) is 5.42. The van der Waals surface area contributed by atoms with Gasteiger partial charge in [-0.15, -0.1) is 0 Å². The summed E-state index contributed by atoms with van der Waals surface area (Å²) in [6, 6.07) is 12.5. The fraction of sp³-hybridized carbons (Fsp3) is 0.278. The standard InChI is InChI=1S/C18H19F2NO3/c1-12(24-15-7-8-16(19)17(20)10-15)18(23)21-11-14(22)9-13-5-3-2-4-6-13/h2-8,10,12,14,22H,9,11H2,1H3,(H,21,23). The molecule has 0 radical (unpaired) electrons. The number of ether oxygens (including phenoxy) is 1. The Morgan fingerprint density at radius 2 is 1.88 bits per heavy atom. The Morgan fingerprint density at radius 1 is 1.17 bits per heavy atom. The van der Waals surface area contributed by atoms with Crippen molar-refractivity contribution >= 4 is 5.91 Å². The Morgan fingerprint density at radius 3 is 2.54 bits per heavy atom. The summed E-state index contributed by atoms with van der Waals surface area (Å²) in [4.78, 5) is 11.9. The lowest BCUT2D eigenvalue weighted by Gasteiger charge is -2.17. The van der Waals surface area contributed by atoms with Crippen LogP contribution < -0.4 is 10.1 Å². The van der Waals surface area contributed by atoms with Crippen LogP contribution in [0.4, 0.5) is 8.78 Å². The number of aliphatic hydroxyl groups excluding tert-OH is 1. The lowest BCUT2D eigenvalue weighted by Crippen LogP contribution is -2.40. The molecule has 2 atom stereocenters. The van der Waals surface area contributed by atoms with E-state index in [0.29, 0.717) is 6.42 Å². The molecule has 2 aromatic carbocycles. The van der Waals surface area contributed by atoms with Crippen LogP contribution >= 0.6 is 0 Å². The molecule has 0 saturated heterocycles. The van der Waals surface area contributed by atoms with Crippen molar-refractivity contribution < 1.29 is 23.4 Å². The monoisotopic (exact) mass is 335 g/mol. The lowest BCUT2D eigenvalue weighted by atomic mass is 10.1. The molecule has 128 valence electrons. The van der Waals surface area contributed by atoms with Gasteiger partial charge < -0.3 is 15.2 Å². The van der Waals surface area contributed by atoms with E-state index in [1.54, 1.807) is 0 Å². The fourth-order valence-electron chi connectivity index (χ4n) is 2.13. The highest BCUT2D eigenvalue weighted by Crippen LogP contribution is 2.16. The third-order valence-electron chi connectivity index (χ3n) is 3.40. The predicted molar refractivity (Wildman–Crippen MR) is 85.6 cm³/mol. The minimum absolute atomic E-state index is 0.0568. The first-order valence-corrected chi connectivity index (χ1v) is 7.57. The molecular weight excluding hydrogens is 316 g/mol. The van der Waals surface area contributed by atoms with Gasteiger partial charge in [0, 0.05) is 19.0 Å². The smallest absolute Gasteiger partial charge is 0.260 e. The molecule has 0 heterocycles. The van der Waals surface area contributed by atoms with Crippen LogP contribution in [0.1, 0.15) is 12.5 Å². The van der Waals surface area contributed by atoms with Crippen molar-refractivity contribution in [3.63, 3.8) is 0 Å². The minimum atomic E-state index is -1.04. The molecule has 1 amide bonds. The lowest BCUT2D eigenvalue weighted by molar-refractivity contribution is -0.127. The normalized spacial score (nSPS) is 13.2. The second kappa shape index (κ2) is 8.40. The van der Waals surface area contributed by atoms with Gasteiger partial charge in [0.25, 0.3) is 5.91 Å². The molecule has 2 rings (SSSR count). The summed E-state index contributed by atoms with van der Waals surface area (Å²) in [6.45, 7) is 1.55. The minimum Gasteiger partial charge on any atom is -0.481 e. The number of rotatable bonds is 7. The number of nitrogens with one attached hydrogen (secondary N) is 1. The summed E-state index contributed by atoms with van der Waals surface area (Å²) in [5.41, 5.74) is 0.963. The summed E-state index contributed by atoms with van der Waals surface area (Å²) in [6.07, 6.45) is -1.22.